The lowest BCUT2D eigenvalue weighted by Gasteiger charge is -2.05. The van der Waals surface area contributed by atoms with Crippen LogP contribution in [0.15, 0.2) is 29.8 Å². The maximum atomic E-state index is 5.41. The Morgan fingerprint density at radius 1 is 1.31 bits per heavy atom. The van der Waals surface area contributed by atoms with Crippen LogP contribution in [0.3, 0.4) is 0 Å². The molecular weight excluding hydrogens is 220 g/mol. The number of thiazole rings is 1. The molecule has 3 nitrogen and oxygen atoms in total. The number of aromatic nitrogens is 1. The highest BCUT2D eigenvalue weighted by Crippen LogP contribution is 2.26. The van der Waals surface area contributed by atoms with Crippen molar-refractivity contribution in [2.24, 2.45) is 5.73 Å². The molecule has 0 aliphatic carbocycles. The van der Waals surface area contributed by atoms with Crippen LogP contribution in [0.2, 0.25) is 0 Å². The second-order valence-corrected chi connectivity index (χ2v) is 4.48. The summed E-state index contributed by atoms with van der Waals surface area (Å²) in [5.74, 6) is 0.849. The predicted molar refractivity (Wildman–Crippen MR) is 66.8 cm³/mol. The van der Waals surface area contributed by atoms with Crippen molar-refractivity contribution in [1.82, 2.24) is 4.98 Å². The fraction of sp³-hybridized carbons (Fsp3) is 0.250. The lowest BCUT2D eigenvalue weighted by atomic mass is 10.1. The summed E-state index contributed by atoms with van der Waals surface area (Å²) in [6.45, 7) is 3.16. The summed E-state index contributed by atoms with van der Waals surface area (Å²) in [7, 11) is 0. The van der Waals surface area contributed by atoms with E-state index in [0.29, 0.717) is 13.2 Å². The van der Waals surface area contributed by atoms with Crippen LogP contribution >= 0.6 is 11.3 Å². The molecule has 0 unspecified atom stereocenters. The van der Waals surface area contributed by atoms with Crippen LogP contribution in [0.1, 0.15) is 4.88 Å². The number of rotatable bonds is 4. The van der Waals surface area contributed by atoms with E-state index in [1.165, 1.54) is 4.88 Å². The standard InChI is InChI=1S/C12H14N2OS/c1-9-12(14-8-16-9)10-2-4-11(5-3-10)15-7-6-13/h2-5,8H,6-7,13H2,1H3. The molecule has 1 aromatic carbocycles. The summed E-state index contributed by atoms with van der Waals surface area (Å²) < 4.78 is 5.41. The van der Waals surface area contributed by atoms with Gasteiger partial charge >= 0.3 is 0 Å². The summed E-state index contributed by atoms with van der Waals surface area (Å²) in [5.41, 5.74) is 9.41. The molecule has 0 aliphatic heterocycles. The van der Waals surface area contributed by atoms with Crippen molar-refractivity contribution in [1.29, 1.82) is 0 Å². The Morgan fingerprint density at radius 3 is 2.62 bits per heavy atom. The Labute approximate surface area is 98.9 Å². The fourth-order valence-corrected chi connectivity index (χ4v) is 2.07. The van der Waals surface area contributed by atoms with Gasteiger partial charge in [-0.15, -0.1) is 11.3 Å². The monoisotopic (exact) mass is 234 g/mol. The van der Waals surface area contributed by atoms with Crippen molar-refractivity contribution < 1.29 is 4.74 Å². The van der Waals surface area contributed by atoms with Crippen LogP contribution in [0.4, 0.5) is 0 Å². The number of hydrogen-bond acceptors (Lipinski definition) is 4. The van der Waals surface area contributed by atoms with Gasteiger partial charge in [0.15, 0.2) is 0 Å². The number of nitrogens with zero attached hydrogens (tertiary/aromatic N) is 1. The largest absolute Gasteiger partial charge is 0.492 e. The van der Waals surface area contributed by atoms with E-state index in [0.717, 1.165) is 17.0 Å². The molecule has 1 heterocycles. The Hall–Kier alpha value is -1.39. The van der Waals surface area contributed by atoms with E-state index in [1.54, 1.807) is 11.3 Å². The molecule has 0 aliphatic rings. The summed E-state index contributed by atoms with van der Waals surface area (Å²) in [5, 5.41) is 0. The van der Waals surface area contributed by atoms with Crippen LogP contribution in [0.25, 0.3) is 11.3 Å². The van der Waals surface area contributed by atoms with E-state index < -0.39 is 0 Å². The van der Waals surface area contributed by atoms with Crippen LogP contribution in [-0.4, -0.2) is 18.1 Å². The maximum absolute atomic E-state index is 5.41. The third kappa shape index (κ3) is 2.40. The van der Waals surface area contributed by atoms with Gasteiger partial charge in [-0.25, -0.2) is 4.98 Å². The van der Waals surface area contributed by atoms with Gasteiger partial charge in [-0.05, 0) is 31.2 Å². The molecule has 0 fully saturated rings. The van der Waals surface area contributed by atoms with Crippen molar-refractivity contribution >= 4 is 11.3 Å². The molecule has 4 heteroatoms. The summed E-state index contributed by atoms with van der Waals surface area (Å²) in [6.07, 6.45) is 0. The zero-order chi connectivity index (χ0) is 11.4. The molecular formula is C12H14N2OS. The Kier molecular flexibility index (Phi) is 3.54. The average Bonchev–Trinajstić information content (AvgIpc) is 2.74. The maximum Gasteiger partial charge on any atom is 0.119 e. The van der Waals surface area contributed by atoms with E-state index in [2.05, 4.69) is 11.9 Å². The molecule has 2 N–H and O–H groups in total. The number of benzene rings is 1. The lowest BCUT2D eigenvalue weighted by molar-refractivity contribution is 0.328. The second-order valence-electron chi connectivity index (χ2n) is 3.42. The summed E-state index contributed by atoms with van der Waals surface area (Å²) in [4.78, 5) is 5.57. The van der Waals surface area contributed by atoms with Gasteiger partial charge in [-0.2, -0.15) is 0 Å². The minimum Gasteiger partial charge on any atom is -0.492 e. The molecule has 0 radical (unpaired) electrons. The van der Waals surface area contributed by atoms with Crippen molar-refractivity contribution in [2.45, 2.75) is 6.92 Å². The summed E-state index contributed by atoms with van der Waals surface area (Å²) in [6, 6.07) is 7.94. The summed E-state index contributed by atoms with van der Waals surface area (Å²) >= 11 is 1.66. The van der Waals surface area contributed by atoms with E-state index in [1.807, 2.05) is 29.8 Å². The van der Waals surface area contributed by atoms with Gasteiger partial charge in [0.25, 0.3) is 0 Å². The molecule has 0 bridgehead atoms. The van der Waals surface area contributed by atoms with Gasteiger partial charge in [-0.1, -0.05) is 0 Å². The molecule has 0 saturated heterocycles. The molecule has 1 aromatic heterocycles. The van der Waals surface area contributed by atoms with Crippen LogP contribution in [0, 0.1) is 6.92 Å². The predicted octanol–water partition coefficient (Wildman–Crippen LogP) is 2.46. The molecule has 0 spiro atoms. The number of aryl methyl sites for hydroxylation is 1. The Morgan fingerprint density at radius 2 is 2.06 bits per heavy atom. The van der Waals surface area contributed by atoms with Crippen LogP contribution in [0.5, 0.6) is 5.75 Å². The molecule has 84 valence electrons. The quantitative estimate of drug-likeness (QED) is 0.884. The second kappa shape index (κ2) is 5.09. The first kappa shape index (κ1) is 11.1. The number of ether oxygens (including phenoxy) is 1. The molecule has 0 saturated carbocycles. The highest BCUT2D eigenvalue weighted by molar-refractivity contribution is 7.10. The first-order valence-electron chi connectivity index (χ1n) is 5.14. The van der Waals surface area contributed by atoms with Gasteiger partial charge in [0.2, 0.25) is 0 Å². The zero-order valence-corrected chi connectivity index (χ0v) is 9.96. The third-order valence-corrected chi connectivity index (χ3v) is 3.02. The Bertz CT molecular complexity index is 450. The minimum absolute atomic E-state index is 0.535. The molecule has 0 atom stereocenters. The van der Waals surface area contributed by atoms with Crippen LogP contribution in [-0.2, 0) is 0 Å². The van der Waals surface area contributed by atoms with E-state index in [-0.39, 0.29) is 0 Å². The lowest BCUT2D eigenvalue weighted by Crippen LogP contribution is -2.10. The number of nitrogens with two attached hydrogens (primary N) is 1. The molecule has 2 aromatic rings. The van der Waals surface area contributed by atoms with Gasteiger partial charge in [0.1, 0.15) is 12.4 Å². The molecule has 16 heavy (non-hydrogen) atoms. The van der Waals surface area contributed by atoms with Gasteiger partial charge in [0, 0.05) is 17.0 Å². The topological polar surface area (TPSA) is 48.1 Å². The van der Waals surface area contributed by atoms with Gasteiger partial charge < -0.3 is 10.5 Å². The van der Waals surface area contributed by atoms with Gasteiger partial charge in [-0.3, -0.25) is 0 Å². The molecule has 2 rings (SSSR count). The molecule has 0 amide bonds. The van der Waals surface area contributed by atoms with Gasteiger partial charge in [0.05, 0.1) is 11.2 Å². The zero-order valence-electron chi connectivity index (χ0n) is 9.14. The first-order chi connectivity index (χ1) is 7.81. The van der Waals surface area contributed by atoms with E-state index in [4.69, 9.17) is 10.5 Å². The minimum atomic E-state index is 0.535. The normalized spacial score (nSPS) is 10.4. The number of hydrogen-bond donors (Lipinski definition) is 1. The highest BCUT2D eigenvalue weighted by atomic mass is 32.1. The van der Waals surface area contributed by atoms with Crippen molar-refractivity contribution in [3.05, 3.63) is 34.7 Å². The Balaban J connectivity index is 2.16. The SMILES string of the molecule is Cc1scnc1-c1ccc(OCCN)cc1. The first-order valence-corrected chi connectivity index (χ1v) is 6.02. The third-order valence-electron chi connectivity index (χ3n) is 2.26. The van der Waals surface area contributed by atoms with Crippen molar-refractivity contribution in [3.8, 4) is 17.0 Å². The van der Waals surface area contributed by atoms with Crippen LogP contribution < -0.4 is 10.5 Å². The van der Waals surface area contributed by atoms with E-state index >= 15 is 0 Å². The van der Waals surface area contributed by atoms with Crippen molar-refractivity contribution in [2.75, 3.05) is 13.2 Å². The van der Waals surface area contributed by atoms with Crippen molar-refractivity contribution in [3.63, 3.8) is 0 Å². The average molecular weight is 234 g/mol. The van der Waals surface area contributed by atoms with E-state index in [9.17, 15) is 0 Å². The highest BCUT2D eigenvalue weighted by Gasteiger charge is 2.04. The smallest absolute Gasteiger partial charge is 0.119 e. The fourth-order valence-electron chi connectivity index (χ4n) is 1.47.